The van der Waals surface area contributed by atoms with E-state index in [9.17, 15) is 9.18 Å². The number of fused-ring (bicyclic) bond motifs is 2. The van der Waals surface area contributed by atoms with Gasteiger partial charge < -0.3 is 4.90 Å². The second-order valence-corrected chi connectivity index (χ2v) is 6.39. The molecule has 4 heterocycles. The Kier molecular flexibility index (Phi) is 2.97. The average molecular weight is 316 g/mol. The lowest BCUT2D eigenvalue weighted by atomic mass is 10.0. The van der Waals surface area contributed by atoms with Gasteiger partial charge in [-0.2, -0.15) is 9.49 Å². The molecule has 4 rings (SSSR count). The van der Waals surface area contributed by atoms with Crippen LogP contribution in [-0.4, -0.2) is 31.9 Å². The summed E-state index contributed by atoms with van der Waals surface area (Å²) in [6, 6.07) is 4.83. The monoisotopic (exact) mass is 316 g/mol. The Morgan fingerprint density at radius 2 is 2.32 bits per heavy atom. The zero-order valence-electron chi connectivity index (χ0n) is 11.9. The molecule has 0 fully saturated rings. The Labute approximate surface area is 130 Å². The summed E-state index contributed by atoms with van der Waals surface area (Å²) in [6.07, 6.45) is 4.10. The highest BCUT2D eigenvalue weighted by Crippen LogP contribution is 2.35. The second-order valence-electron chi connectivity index (χ2n) is 5.31. The van der Waals surface area contributed by atoms with E-state index in [0.29, 0.717) is 24.3 Å². The first-order valence-electron chi connectivity index (χ1n) is 7.03. The number of thiophene rings is 1. The fourth-order valence-corrected chi connectivity index (χ4v) is 3.86. The van der Waals surface area contributed by atoms with E-state index in [4.69, 9.17) is 0 Å². The zero-order chi connectivity index (χ0) is 15.3. The predicted molar refractivity (Wildman–Crippen MR) is 80.4 cm³/mol. The molecule has 0 bridgehead atoms. The van der Waals surface area contributed by atoms with Crippen LogP contribution in [0.15, 0.2) is 30.6 Å². The van der Waals surface area contributed by atoms with Gasteiger partial charge in [-0.25, -0.2) is 9.50 Å². The molecule has 1 atom stereocenters. The summed E-state index contributed by atoms with van der Waals surface area (Å²) < 4.78 is 15.0. The van der Waals surface area contributed by atoms with Gasteiger partial charge in [0.2, 0.25) is 0 Å². The Balaban J connectivity index is 1.68. The summed E-state index contributed by atoms with van der Waals surface area (Å²) in [7, 11) is 0. The highest BCUT2D eigenvalue weighted by atomic mass is 32.1. The fraction of sp³-hybridized carbons (Fsp3) is 0.267. The van der Waals surface area contributed by atoms with Crippen LogP contribution in [0.25, 0.3) is 5.65 Å². The molecule has 0 saturated heterocycles. The number of carbonyl (C=O) groups is 1. The molecule has 22 heavy (non-hydrogen) atoms. The molecule has 0 unspecified atom stereocenters. The van der Waals surface area contributed by atoms with Crippen LogP contribution in [0, 0.1) is 5.13 Å². The van der Waals surface area contributed by atoms with Crippen LogP contribution >= 0.6 is 11.3 Å². The molecule has 7 heteroatoms. The predicted octanol–water partition coefficient (Wildman–Crippen LogP) is 2.69. The van der Waals surface area contributed by atoms with Gasteiger partial charge in [0, 0.05) is 29.9 Å². The van der Waals surface area contributed by atoms with Crippen molar-refractivity contribution in [3.63, 3.8) is 0 Å². The lowest BCUT2D eigenvalue weighted by Gasteiger charge is -2.32. The quantitative estimate of drug-likeness (QED) is 0.693. The summed E-state index contributed by atoms with van der Waals surface area (Å²) in [5.74, 6) is -0.143. The van der Waals surface area contributed by atoms with Crippen molar-refractivity contribution >= 4 is 22.9 Å². The molecule has 0 aromatic carbocycles. The van der Waals surface area contributed by atoms with Gasteiger partial charge >= 0.3 is 0 Å². The molecule has 0 N–H and O–H groups in total. The van der Waals surface area contributed by atoms with Gasteiger partial charge in [-0.15, -0.1) is 11.3 Å². The molecule has 3 aromatic heterocycles. The van der Waals surface area contributed by atoms with E-state index in [-0.39, 0.29) is 17.1 Å². The van der Waals surface area contributed by atoms with Gasteiger partial charge in [-0.05, 0) is 31.0 Å². The van der Waals surface area contributed by atoms with Gasteiger partial charge in [0.05, 0.1) is 6.04 Å². The Bertz CT molecular complexity index is 838. The minimum absolute atomic E-state index is 0.143. The van der Waals surface area contributed by atoms with Crippen molar-refractivity contribution in [3.8, 4) is 0 Å². The Hall–Kier alpha value is -2.28. The summed E-state index contributed by atoms with van der Waals surface area (Å²) >= 11 is 1.17. The van der Waals surface area contributed by atoms with Crippen molar-refractivity contribution in [2.24, 2.45) is 0 Å². The third-order valence-electron chi connectivity index (χ3n) is 4.03. The SMILES string of the molecule is C[C@@H]1c2cc(F)sc2CCN1C(=O)c1cc2ncccn2n1. The molecule has 0 aliphatic carbocycles. The first kappa shape index (κ1) is 13.4. The van der Waals surface area contributed by atoms with E-state index in [2.05, 4.69) is 10.1 Å². The molecule has 0 radical (unpaired) electrons. The smallest absolute Gasteiger partial charge is 0.274 e. The van der Waals surface area contributed by atoms with Gasteiger partial charge in [0.1, 0.15) is 0 Å². The number of amides is 1. The zero-order valence-corrected chi connectivity index (χ0v) is 12.7. The summed E-state index contributed by atoms with van der Waals surface area (Å²) in [5, 5.41) is 4.08. The third-order valence-corrected chi connectivity index (χ3v) is 5.02. The number of hydrogen-bond acceptors (Lipinski definition) is 4. The molecule has 1 aliphatic heterocycles. The molecule has 0 saturated carbocycles. The molecule has 0 spiro atoms. The van der Waals surface area contributed by atoms with Gasteiger partial charge in [0.15, 0.2) is 16.5 Å². The van der Waals surface area contributed by atoms with Gasteiger partial charge in [-0.3, -0.25) is 4.79 Å². The van der Waals surface area contributed by atoms with Gasteiger partial charge in [0.25, 0.3) is 5.91 Å². The first-order valence-corrected chi connectivity index (χ1v) is 7.84. The highest BCUT2D eigenvalue weighted by molar-refractivity contribution is 7.10. The number of carbonyl (C=O) groups excluding carboxylic acids is 1. The topological polar surface area (TPSA) is 50.5 Å². The van der Waals surface area contributed by atoms with E-state index in [1.807, 2.05) is 6.92 Å². The van der Waals surface area contributed by atoms with Crippen LogP contribution in [0.3, 0.4) is 0 Å². The second kappa shape index (κ2) is 4.88. The number of nitrogens with zero attached hydrogens (tertiary/aromatic N) is 4. The minimum atomic E-state index is -0.192. The number of halogens is 1. The van der Waals surface area contributed by atoms with Crippen molar-refractivity contribution < 1.29 is 9.18 Å². The van der Waals surface area contributed by atoms with Crippen molar-refractivity contribution in [1.29, 1.82) is 0 Å². The number of aromatic nitrogens is 3. The molecule has 3 aromatic rings. The maximum atomic E-state index is 13.4. The Morgan fingerprint density at radius 1 is 1.45 bits per heavy atom. The van der Waals surface area contributed by atoms with E-state index in [1.54, 1.807) is 33.9 Å². The summed E-state index contributed by atoms with van der Waals surface area (Å²) in [4.78, 5) is 19.7. The molecule has 112 valence electrons. The largest absolute Gasteiger partial charge is 0.330 e. The third kappa shape index (κ3) is 2.00. The van der Waals surface area contributed by atoms with E-state index >= 15 is 0 Å². The van der Waals surface area contributed by atoms with Crippen molar-refractivity contribution in [2.75, 3.05) is 6.54 Å². The van der Waals surface area contributed by atoms with Crippen molar-refractivity contribution in [3.05, 3.63) is 51.9 Å². The molecule has 1 aliphatic rings. The van der Waals surface area contributed by atoms with Gasteiger partial charge in [-0.1, -0.05) is 0 Å². The number of rotatable bonds is 1. The van der Waals surface area contributed by atoms with E-state index in [0.717, 1.165) is 10.4 Å². The van der Waals surface area contributed by atoms with Crippen LogP contribution in [0.4, 0.5) is 4.39 Å². The molecule has 1 amide bonds. The van der Waals surface area contributed by atoms with E-state index < -0.39 is 0 Å². The molecular formula is C15H13FN4OS. The molecule has 5 nitrogen and oxygen atoms in total. The first-order chi connectivity index (χ1) is 10.6. The summed E-state index contributed by atoms with van der Waals surface area (Å²) in [5.41, 5.74) is 1.91. The van der Waals surface area contributed by atoms with Crippen LogP contribution < -0.4 is 0 Å². The van der Waals surface area contributed by atoms with E-state index in [1.165, 1.54) is 17.4 Å². The van der Waals surface area contributed by atoms with Crippen LogP contribution in [0.1, 0.15) is 33.9 Å². The maximum Gasteiger partial charge on any atom is 0.274 e. The summed E-state index contributed by atoms with van der Waals surface area (Å²) in [6.45, 7) is 2.50. The minimum Gasteiger partial charge on any atom is -0.330 e. The van der Waals surface area contributed by atoms with Crippen molar-refractivity contribution in [2.45, 2.75) is 19.4 Å². The van der Waals surface area contributed by atoms with Crippen LogP contribution in [0.5, 0.6) is 0 Å². The van der Waals surface area contributed by atoms with Crippen LogP contribution in [-0.2, 0) is 6.42 Å². The standard InChI is InChI=1S/C15H13FN4OS/c1-9-10-7-13(16)22-12(10)3-6-19(9)15(21)11-8-14-17-4-2-5-20(14)18-11/h2,4-5,7-9H,3,6H2,1H3/t9-/m1/s1. The molecular weight excluding hydrogens is 303 g/mol. The lowest BCUT2D eigenvalue weighted by molar-refractivity contribution is 0.0672. The number of hydrogen-bond donors (Lipinski definition) is 0. The lowest BCUT2D eigenvalue weighted by Crippen LogP contribution is -2.38. The maximum absolute atomic E-state index is 13.4. The normalized spacial score (nSPS) is 17.7. The van der Waals surface area contributed by atoms with Crippen molar-refractivity contribution in [1.82, 2.24) is 19.5 Å². The highest BCUT2D eigenvalue weighted by Gasteiger charge is 2.31. The van der Waals surface area contributed by atoms with Crippen LogP contribution in [0.2, 0.25) is 0 Å². The fourth-order valence-electron chi connectivity index (χ4n) is 2.90. The Morgan fingerprint density at radius 3 is 3.14 bits per heavy atom. The average Bonchev–Trinajstić information content (AvgIpc) is 3.10.